The topological polar surface area (TPSA) is 49.0 Å². The molecule has 4 aromatic rings. The molecule has 1 N–H and O–H groups in total. The summed E-state index contributed by atoms with van der Waals surface area (Å²) in [5, 5.41) is 3.56. The minimum Gasteiger partial charge on any atom is -0.450 e. The molecule has 0 saturated carbocycles. The van der Waals surface area contributed by atoms with Gasteiger partial charge in [-0.05, 0) is 69.2 Å². The molecule has 0 atom stereocenters. The van der Waals surface area contributed by atoms with Crippen LogP contribution in [0.4, 0.5) is 11.4 Å². The number of nitrogens with one attached hydrogen (secondary N) is 1. The molecule has 0 aliphatic carbocycles. The van der Waals surface area contributed by atoms with Crippen molar-refractivity contribution in [3.63, 3.8) is 0 Å². The molecule has 0 unspecified atom stereocenters. The van der Waals surface area contributed by atoms with Gasteiger partial charge in [-0.25, -0.2) is 0 Å². The Kier molecular flexibility index (Phi) is 5.32. The number of anilines is 2. The molecule has 0 aromatic heterocycles. The molecular formula is C30H28BNO4. The van der Waals surface area contributed by atoms with Gasteiger partial charge in [-0.2, -0.15) is 0 Å². The lowest BCUT2D eigenvalue weighted by Gasteiger charge is -2.32. The molecule has 6 heteroatoms. The number of benzene rings is 4. The Morgan fingerprint density at radius 3 is 1.72 bits per heavy atom. The molecule has 0 amide bonds. The van der Waals surface area contributed by atoms with Crippen molar-refractivity contribution in [2.24, 2.45) is 0 Å². The lowest BCUT2D eigenvalue weighted by Crippen LogP contribution is -2.41. The molecule has 0 bridgehead atoms. The summed E-state index contributed by atoms with van der Waals surface area (Å²) in [5.74, 6) is 2.63. The SMILES string of the molecule is CC1(C)OB(c2cc3c(cc2Nc2ccc(-c4ccccc4)cc2)Oc2ccccc2O3)OC1(C)C. The largest absolute Gasteiger partial charge is 0.497 e. The van der Waals surface area contributed by atoms with Crippen LogP contribution in [0, 0.1) is 0 Å². The van der Waals surface area contributed by atoms with Crippen LogP contribution < -0.4 is 20.3 Å². The molecule has 5 nitrogen and oxygen atoms in total. The number of ether oxygens (including phenoxy) is 2. The molecule has 1 saturated heterocycles. The Morgan fingerprint density at radius 1 is 0.583 bits per heavy atom. The number of hydrogen-bond acceptors (Lipinski definition) is 5. The Hall–Kier alpha value is -3.74. The Bertz CT molecular complexity index is 1400. The molecule has 0 radical (unpaired) electrons. The van der Waals surface area contributed by atoms with E-state index in [1.54, 1.807) is 0 Å². The fraction of sp³-hybridized carbons (Fsp3) is 0.200. The molecule has 0 spiro atoms. The van der Waals surface area contributed by atoms with Crippen molar-refractivity contribution in [1.29, 1.82) is 0 Å². The normalized spacial score (nSPS) is 16.9. The zero-order valence-electron chi connectivity index (χ0n) is 20.9. The minimum atomic E-state index is -0.563. The summed E-state index contributed by atoms with van der Waals surface area (Å²) in [5.41, 5.74) is 4.04. The van der Waals surface area contributed by atoms with E-state index < -0.39 is 18.3 Å². The number of para-hydroxylation sites is 2. The van der Waals surface area contributed by atoms with E-state index in [0.717, 1.165) is 22.4 Å². The third kappa shape index (κ3) is 4.02. The van der Waals surface area contributed by atoms with Crippen molar-refractivity contribution < 1.29 is 18.8 Å². The van der Waals surface area contributed by atoms with Crippen molar-refractivity contribution in [1.82, 2.24) is 0 Å². The van der Waals surface area contributed by atoms with Crippen LogP contribution >= 0.6 is 0 Å². The quantitative estimate of drug-likeness (QED) is 0.276. The van der Waals surface area contributed by atoms with Gasteiger partial charge >= 0.3 is 7.12 Å². The summed E-state index contributed by atoms with van der Waals surface area (Å²) in [6.07, 6.45) is 0. The maximum absolute atomic E-state index is 6.41. The molecule has 2 aliphatic heterocycles. The van der Waals surface area contributed by atoms with Crippen LogP contribution in [0.3, 0.4) is 0 Å². The van der Waals surface area contributed by atoms with Crippen LogP contribution in [0.15, 0.2) is 91.0 Å². The van der Waals surface area contributed by atoms with Gasteiger partial charge in [0.05, 0.1) is 11.2 Å². The molecule has 180 valence electrons. The average Bonchev–Trinajstić information content (AvgIpc) is 3.09. The summed E-state index contributed by atoms with van der Waals surface area (Å²) >= 11 is 0. The summed E-state index contributed by atoms with van der Waals surface area (Å²) in [4.78, 5) is 0. The van der Waals surface area contributed by atoms with Gasteiger partial charge < -0.3 is 24.1 Å². The molecule has 6 rings (SSSR count). The maximum Gasteiger partial charge on any atom is 0.497 e. The van der Waals surface area contributed by atoms with Crippen molar-refractivity contribution in [2.75, 3.05) is 5.32 Å². The van der Waals surface area contributed by atoms with Gasteiger partial charge in [-0.15, -0.1) is 0 Å². The molecule has 2 aliphatic rings. The van der Waals surface area contributed by atoms with Crippen molar-refractivity contribution in [3.8, 4) is 34.1 Å². The first-order valence-corrected chi connectivity index (χ1v) is 12.2. The molecule has 2 heterocycles. The zero-order chi connectivity index (χ0) is 24.9. The van der Waals surface area contributed by atoms with E-state index in [2.05, 4.69) is 69.4 Å². The highest BCUT2D eigenvalue weighted by atomic mass is 16.7. The van der Waals surface area contributed by atoms with Gasteiger partial charge in [0.2, 0.25) is 0 Å². The summed E-state index contributed by atoms with van der Waals surface area (Å²) < 4.78 is 25.2. The Morgan fingerprint density at radius 2 is 1.11 bits per heavy atom. The van der Waals surface area contributed by atoms with Crippen LogP contribution in [0.5, 0.6) is 23.0 Å². The van der Waals surface area contributed by atoms with Crippen LogP contribution in [0.25, 0.3) is 11.1 Å². The van der Waals surface area contributed by atoms with Gasteiger partial charge in [0.25, 0.3) is 0 Å². The van der Waals surface area contributed by atoms with E-state index in [1.807, 2.05) is 54.6 Å². The average molecular weight is 477 g/mol. The first kappa shape index (κ1) is 22.7. The van der Waals surface area contributed by atoms with Crippen LogP contribution in [0.1, 0.15) is 27.7 Å². The second kappa shape index (κ2) is 8.44. The van der Waals surface area contributed by atoms with Crippen molar-refractivity contribution >= 4 is 24.0 Å². The zero-order valence-corrected chi connectivity index (χ0v) is 20.9. The maximum atomic E-state index is 6.41. The van der Waals surface area contributed by atoms with E-state index in [4.69, 9.17) is 18.8 Å². The predicted molar refractivity (Wildman–Crippen MR) is 144 cm³/mol. The number of fused-ring (bicyclic) bond motifs is 2. The fourth-order valence-corrected chi connectivity index (χ4v) is 4.40. The molecule has 36 heavy (non-hydrogen) atoms. The Balaban J connectivity index is 1.37. The second-order valence-corrected chi connectivity index (χ2v) is 10.2. The molecule has 4 aromatic carbocycles. The Labute approximate surface area is 212 Å². The van der Waals surface area contributed by atoms with Crippen molar-refractivity contribution in [3.05, 3.63) is 91.0 Å². The van der Waals surface area contributed by atoms with Crippen LogP contribution in [0.2, 0.25) is 0 Å². The van der Waals surface area contributed by atoms with Crippen LogP contribution in [-0.4, -0.2) is 18.3 Å². The van der Waals surface area contributed by atoms with Gasteiger partial charge in [0.15, 0.2) is 23.0 Å². The monoisotopic (exact) mass is 477 g/mol. The fourth-order valence-electron chi connectivity index (χ4n) is 4.40. The highest BCUT2D eigenvalue weighted by Gasteiger charge is 2.52. The standard InChI is InChI=1S/C30H28BNO4/c1-29(2)30(3,4)36-31(35-29)23-18-27-28(34-26-13-9-8-12-25(26)33-27)19-24(23)32-22-16-14-21(15-17-22)20-10-6-5-7-11-20/h5-19,32H,1-4H3. The van der Waals surface area contributed by atoms with Gasteiger partial charge in [0, 0.05) is 22.9 Å². The second-order valence-electron chi connectivity index (χ2n) is 10.2. The number of hydrogen-bond donors (Lipinski definition) is 1. The first-order chi connectivity index (χ1) is 17.3. The summed E-state index contributed by atoms with van der Waals surface area (Å²) in [7, 11) is -0.563. The van der Waals surface area contributed by atoms with E-state index >= 15 is 0 Å². The van der Waals surface area contributed by atoms with Gasteiger partial charge in [-0.3, -0.25) is 0 Å². The molecular weight excluding hydrogens is 449 g/mol. The highest BCUT2D eigenvalue weighted by molar-refractivity contribution is 6.64. The predicted octanol–water partition coefficient (Wildman–Crippen LogP) is 7.29. The summed E-state index contributed by atoms with van der Waals surface area (Å²) in [6, 6.07) is 30.3. The summed E-state index contributed by atoms with van der Waals surface area (Å²) in [6.45, 7) is 8.21. The van der Waals surface area contributed by atoms with E-state index in [1.165, 1.54) is 5.56 Å². The van der Waals surface area contributed by atoms with Crippen LogP contribution in [-0.2, 0) is 9.31 Å². The van der Waals surface area contributed by atoms with Crippen molar-refractivity contribution in [2.45, 2.75) is 38.9 Å². The number of rotatable bonds is 4. The lowest BCUT2D eigenvalue weighted by molar-refractivity contribution is 0.00578. The first-order valence-electron chi connectivity index (χ1n) is 12.2. The van der Waals surface area contributed by atoms with E-state index in [0.29, 0.717) is 23.0 Å². The third-order valence-corrected chi connectivity index (χ3v) is 7.18. The molecule has 1 fully saturated rings. The lowest BCUT2D eigenvalue weighted by atomic mass is 9.77. The smallest absolute Gasteiger partial charge is 0.450 e. The van der Waals surface area contributed by atoms with E-state index in [-0.39, 0.29) is 0 Å². The van der Waals surface area contributed by atoms with E-state index in [9.17, 15) is 0 Å². The third-order valence-electron chi connectivity index (χ3n) is 7.18. The highest BCUT2D eigenvalue weighted by Crippen LogP contribution is 2.46. The van der Waals surface area contributed by atoms with Gasteiger partial charge in [-0.1, -0.05) is 54.6 Å². The van der Waals surface area contributed by atoms with Gasteiger partial charge in [0.1, 0.15) is 0 Å². The minimum absolute atomic E-state index is 0.466.